The lowest BCUT2D eigenvalue weighted by Crippen LogP contribution is -2.29. The van der Waals surface area contributed by atoms with Crippen LogP contribution in [0.1, 0.15) is 12.0 Å². The lowest BCUT2D eigenvalue weighted by atomic mass is 10.2. The third kappa shape index (κ3) is 4.07. The topological polar surface area (TPSA) is 95.3 Å². The molecule has 0 saturated heterocycles. The Kier molecular flexibility index (Phi) is 4.55. The third-order valence-corrected chi connectivity index (χ3v) is 2.83. The zero-order valence-corrected chi connectivity index (χ0v) is 11.5. The van der Waals surface area contributed by atoms with Gasteiger partial charge < -0.3 is 15.2 Å². The number of carbonyl (C=O) groups is 1. The second-order valence-electron chi connectivity index (χ2n) is 4.38. The van der Waals surface area contributed by atoms with Crippen LogP contribution in [0.4, 0.5) is 0 Å². The number of rotatable bonds is 5. The van der Waals surface area contributed by atoms with Crippen LogP contribution in [-0.2, 0) is 4.79 Å². The fraction of sp³-hybridized carbons (Fsp3) is 0.214. The highest BCUT2D eigenvalue weighted by molar-refractivity contribution is 5.87. The SMILES string of the molecule is C=C1NC(N/N=C/c2ccc(OC)cc2)=NC1CC(=O)O. The summed E-state index contributed by atoms with van der Waals surface area (Å²) in [6.07, 6.45) is 1.52. The molecule has 0 saturated carbocycles. The van der Waals surface area contributed by atoms with E-state index in [0.717, 1.165) is 11.3 Å². The molecule has 1 unspecified atom stereocenters. The summed E-state index contributed by atoms with van der Waals surface area (Å²) < 4.78 is 5.06. The number of guanidine groups is 1. The maximum atomic E-state index is 10.7. The van der Waals surface area contributed by atoms with Crippen molar-refractivity contribution in [1.82, 2.24) is 10.7 Å². The van der Waals surface area contributed by atoms with Gasteiger partial charge in [-0.2, -0.15) is 5.10 Å². The van der Waals surface area contributed by atoms with Gasteiger partial charge in [0.05, 0.1) is 19.7 Å². The Labute approximate surface area is 122 Å². The highest BCUT2D eigenvalue weighted by Gasteiger charge is 2.23. The minimum atomic E-state index is -0.922. The number of hydrogen-bond donors (Lipinski definition) is 3. The van der Waals surface area contributed by atoms with Crippen LogP contribution in [0.15, 0.2) is 46.6 Å². The van der Waals surface area contributed by atoms with Crippen molar-refractivity contribution in [3.05, 3.63) is 42.1 Å². The molecular weight excluding hydrogens is 272 g/mol. The molecule has 7 heteroatoms. The highest BCUT2D eigenvalue weighted by atomic mass is 16.5. The van der Waals surface area contributed by atoms with Gasteiger partial charge in [0.15, 0.2) is 0 Å². The Morgan fingerprint density at radius 2 is 2.29 bits per heavy atom. The predicted octanol–water partition coefficient (Wildman–Crippen LogP) is 0.935. The average Bonchev–Trinajstić information content (AvgIpc) is 2.79. The fourth-order valence-corrected chi connectivity index (χ4v) is 1.75. The van der Waals surface area contributed by atoms with Crippen molar-refractivity contribution in [3.8, 4) is 5.75 Å². The molecule has 0 radical (unpaired) electrons. The third-order valence-electron chi connectivity index (χ3n) is 2.83. The number of carboxylic acid groups (broad SMARTS) is 1. The van der Waals surface area contributed by atoms with E-state index >= 15 is 0 Å². The first-order chi connectivity index (χ1) is 10.1. The smallest absolute Gasteiger partial charge is 0.305 e. The van der Waals surface area contributed by atoms with Crippen molar-refractivity contribution in [2.24, 2.45) is 10.1 Å². The molecule has 21 heavy (non-hydrogen) atoms. The summed E-state index contributed by atoms with van der Waals surface area (Å²) in [5, 5.41) is 15.6. The molecule has 0 bridgehead atoms. The number of methoxy groups -OCH3 is 1. The van der Waals surface area contributed by atoms with E-state index in [2.05, 4.69) is 27.4 Å². The number of ether oxygens (including phenoxy) is 1. The highest BCUT2D eigenvalue weighted by Crippen LogP contribution is 2.12. The Balaban J connectivity index is 1.91. The minimum Gasteiger partial charge on any atom is -0.497 e. The molecule has 0 fully saturated rings. The predicted molar refractivity (Wildman–Crippen MR) is 79.5 cm³/mol. The molecular formula is C14H16N4O3. The maximum absolute atomic E-state index is 10.7. The Morgan fingerprint density at radius 1 is 1.57 bits per heavy atom. The van der Waals surface area contributed by atoms with Crippen LogP contribution in [-0.4, -0.2) is 36.4 Å². The molecule has 0 spiro atoms. The summed E-state index contributed by atoms with van der Waals surface area (Å²) in [7, 11) is 1.61. The normalized spacial score (nSPS) is 17.5. The van der Waals surface area contributed by atoms with Gasteiger partial charge in [0.2, 0.25) is 5.96 Å². The van der Waals surface area contributed by atoms with Gasteiger partial charge in [0.1, 0.15) is 11.8 Å². The summed E-state index contributed by atoms with van der Waals surface area (Å²) in [5.74, 6) is 0.237. The maximum Gasteiger partial charge on any atom is 0.305 e. The van der Waals surface area contributed by atoms with E-state index in [0.29, 0.717) is 11.7 Å². The standard InChI is InChI=1S/C14H16N4O3/c1-9-12(7-13(19)20)17-14(16-9)18-15-8-10-3-5-11(21-2)6-4-10/h3-6,8,12H,1,7H2,2H3,(H,19,20)(H2,16,17,18)/b15-8+. The number of hydrazone groups is 1. The summed E-state index contributed by atoms with van der Waals surface area (Å²) in [5.41, 5.74) is 4.15. The van der Waals surface area contributed by atoms with E-state index in [1.807, 2.05) is 24.3 Å². The van der Waals surface area contributed by atoms with Gasteiger partial charge in [0, 0.05) is 5.70 Å². The van der Waals surface area contributed by atoms with E-state index in [1.165, 1.54) is 0 Å². The monoisotopic (exact) mass is 288 g/mol. The molecule has 1 aromatic carbocycles. The molecule has 1 aliphatic heterocycles. The number of nitrogens with one attached hydrogen (secondary N) is 2. The van der Waals surface area contributed by atoms with Crippen LogP contribution >= 0.6 is 0 Å². The van der Waals surface area contributed by atoms with Crippen LogP contribution in [0.3, 0.4) is 0 Å². The van der Waals surface area contributed by atoms with Gasteiger partial charge in [-0.3, -0.25) is 4.79 Å². The molecule has 7 nitrogen and oxygen atoms in total. The van der Waals surface area contributed by atoms with Gasteiger partial charge >= 0.3 is 5.97 Å². The first kappa shape index (κ1) is 14.6. The molecule has 0 amide bonds. The fourth-order valence-electron chi connectivity index (χ4n) is 1.75. The van der Waals surface area contributed by atoms with Crippen molar-refractivity contribution < 1.29 is 14.6 Å². The van der Waals surface area contributed by atoms with Crippen LogP contribution in [0.5, 0.6) is 5.75 Å². The molecule has 1 heterocycles. The number of benzene rings is 1. The quantitative estimate of drug-likeness (QED) is 0.553. The Bertz CT molecular complexity index is 593. The Morgan fingerprint density at radius 3 is 2.90 bits per heavy atom. The van der Waals surface area contributed by atoms with Gasteiger partial charge in [-0.15, -0.1) is 0 Å². The van der Waals surface area contributed by atoms with Crippen molar-refractivity contribution in [2.75, 3.05) is 7.11 Å². The van der Waals surface area contributed by atoms with Crippen molar-refractivity contribution >= 4 is 18.1 Å². The largest absolute Gasteiger partial charge is 0.497 e. The van der Waals surface area contributed by atoms with Crippen LogP contribution < -0.4 is 15.5 Å². The summed E-state index contributed by atoms with van der Waals surface area (Å²) in [4.78, 5) is 14.8. The Hall–Kier alpha value is -2.83. The summed E-state index contributed by atoms with van der Waals surface area (Å²) in [6.45, 7) is 3.73. The molecule has 1 atom stereocenters. The van der Waals surface area contributed by atoms with Crippen molar-refractivity contribution in [3.63, 3.8) is 0 Å². The molecule has 0 aliphatic carbocycles. The minimum absolute atomic E-state index is 0.0980. The second kappa shape index (κ2) is 6.56. The van der Waals surface area contributed by atoms with E-state index in [-0.39, 0.29) is 6.42 Å². The van der Waals surface area contributed by atoms with E-state index in [4.69, 9.17) is 9.84 Å². The van der Waals surface area contributed by atoms with Crippen molar-refractivity contribution in [1.29, 1.82) is 0 Å². The number of carboxylic acids is 1. The van der Waals surface area contributed by atoms with Gasteiger partial charge in [0.25, 0.3) is 0 Å². The van der Waals surface area contributed by atoms with E-state index < -0.39 is 12.0 Å². The van der Waals surface area contributed by atoms with Gasteiger partial charge in [-0.25, -0.2) is 10.4 Å². The zero-order chi connectivity index (χ0) is 15.2. The molecule has 0 aromatic heterocycles. The van der Waals surface area contributed by atoms with E-state index in [1.54, 1.807) is 13.3 Å². The molecule has 110 valence electrons. The number of hydrogen-bond acceptors (Lipinski definition) is 6. The van der Waals surface area contributed by atoms with Gasteiger partial charge in [-0.1, -0.05) is 6.58 Å². The first-order valence-electron chi connectivity index (χ1n) is 6.27. The van der Waals surface area contributed by atoms with Gasteiger partial charge in [-0.05, 0) is 29.8 Å². The molecule has 2 rings (SSSR count). The number of aliphatic carboxylic acids is 1. The summed E-state index contributed by atoms with van der Waals surface area (Å²) >= 11 is 0. The lowest BCUT2D eigenvalue weighted by molar-refractivity contribution is -0.137. The van der Waals surface area contributed by atoms with Crippen LogP contribution in [0, 0.1) is 0 Å². The lowest BCUT2D eigenvalue weighted by Gasteiger charge is -2.03. The molecule has 1 aromatic rings. The molecule has 1 aliphatic rings. The summed E-state index contributed by atoms with van der Waals surface area (Å²) in [6, 6.07) is 6.91. The first-order valence-corrected chi connectivity index (χ1v) is 6.27. The van der Waals surface area contributed by atoms with E-state index in [9.17, 15) is 4.79 Å². The van der Waals surface area contributed by atoms with Crippen LogP contribution in [0.25, 0.3) is 0 Å². The molecule has 3 N–H and O–H groups in total. The zero-order valence-electron chi connectivity index (χ0n) is 11.5. The average molecular weight is 288 g/mol. The second-order valence-corrected chi connectivity index (χ2v) is 4.38. The number of aliphatic imine (C=N–C) groups is 1. The number of nitrogens with zero attached hydrogens (tertiary/aromatic N) is 2. The van der Waals surface area contributed by atoms with Crippen LogP contribution in [0.2, 0.25) is 0 Å². The van der Waals surface area contributed by atoms with Crippen molar-refractivity contribution in [2.45, 2.75) is 12.5 Å².